The molecular formula is C12H12B3N5O9S2. The minimum atomic E-state index is -5.17. The highest BCUT2D eigenvalue weighted by Crippen LogP contribution is 2.45. The second-order valence-electron chi connectivity index (χ2n) is 6.30. The van der Waals surface area contributed by atoms with E-state index in [9.17, 15) is 22.8 Å². The largest absolute Gasteiger partial charge is 0.479 e. The molecule has 160 valence electrons. The van der Waals surface area contributed by atoms with Gasteiger partial charge in [-0.1, -0.05) is 5.16 Å². The highest BCUT2D eigenvalue weighted by atomic mass is 32.3. The fourth-order valence-electron chi connectivity index (χ4n) is 2.43. The number of anilines is 1. The van der Waals surface area contributed by atoms with Crippen LogP contribution in [0.4, 0.5) is 5.13 Å². The molecule has 0 unspecified atom stereocenters. The Bertz CT molecular complexity index is 1040. The zero-order valence-corrected chi connectivity index (χ0v) is 17.2. The van der Waals surface area contributed by atoms with Crippen LogP contribution in [0.1, 0.15) is 12.6 Å². The summed E-state index contributed by atoms with van der Waals surface area (Å²) in [5.74, 6) is -3.71. The first-order valence-corrected chi connectivity index (χ1v) is 10.1. The van der Waals surface area contributed by atoms with Crippen LogP contribution in [0.15, 0.2) is 10.5 Å². The number of carboxylic acids is 1. The van der Waals surface area contributed by atoms with Gasteiger partial charge in [0.05, 0.1) is 29.1 Å². The van der Waals surface area contributed by atoms with Crippen LogP contribution >= 0.6 is 11.3 Å². The van der Waals surface area contributed by atoms with Crippen molar-refractivity contribution in [3.8, 4) is 0 Å². The summed E-state index contributed by atoms with van der Waals surface area (Å²) < 4.78 is 35.1. The van der Waals surface area contributed by atoms with E-state index in [2.05, 4.69) is 24.6 Å². The lowest BCUT2D eigenvalue weighted by Crippen LogP contribution is -2.82. The summed E-state index contributed by atoms with van der Waals surface area (Å²) in [5.41, 5.74) is 2.74. The van der Waals surface area contributed by atoms with Crippen LogP contribution in [0, 0.1) is 0 Å². The maximum absolute atomic E-state index is 12.7. The number of hydrogen-bond donors (Lipinski definition) is 4. The summed E-state index contributed by atoms with van der Waals surface area (Å²) in [4.78, 5) is 44.1. The van der Waals surface area contributed by atoms with E-state index in [4.69, 9.17) is 38.9 Å². The minimum Gasteiger partial charge on any atom is -0.479 e. The Kier molecular flexibility index (Phi) is 6.74. The van der Waals surface area contributed by atoms with Gasteiger partial charge in [-0.15, -0.1) is 20.7 Å². The van der Waals surface area contributed by atoms with Crippen molar-refractivity contribution < 1.29 is 41.6 Å². The molecule has 0 aromatic carbocycles. The second kappa shape index (κ2) is 8.48. The van der Waals surface area contributed by atoms with Crippen molar-refractivity contribution in [3.05, 3.63) is 11.1 Å². The van der Waals surface area contributed by atoms with Gasteiger partial charge in [-0.05, 0) is 6.92 Å². The number of carbonyl (C=O) groups excluding carboxylic acids is 2. The standard InChI is InChI=1S/C12H12B3N5O9S2/c1-11(12(13,14)15)7(9(24)20(11)29-31(25,26)27)18-8(23)6(19-28-2-5(21)22)4-3-30-10(16)17-4/h3,7H,2H2,1H3,(H2,16,17)(H,18,23)(H,21,22)(H,25,26,27)/b19-6-/t7-,11+/m1/s1. The molecule has 1 saturated heterocycles. The zero-order valence-electron chi connectivity index (χ0n) is 15.6. The van der Waals surface area contributed by atoms with Crippen LogP contribution in [-0.4, -0.2) is 93.3 Å². The SMILES string of the molecule is [B]C([B])([B])[C@]1(C)[C@H](NC(=O)/C(=N\OCC(=O)O)c2csc(N)n2)C(=O)N1OS(=O)(=O)O. The smallest absolute Gasteiger partial charge is 0.418 e. The molecule has 2 atom stereocenters. The Hall–Kier alpha value is -2.63. The van der Waals surface area contributed by atoms with Gasteiger partial charge >= 0.3 is 16.4 Å². The lowest BCUT2D eigenvalue weighted by molar-refractivity contribution is -0.222. The molecular weight excluding hydrogens is 455 g/mol. The van der Waals surface area contributed by atoms with Crippen molar-refractivity contribution in [1.29, 1.82) is 0 Å². The molecule has 14 nitrogen and oxygen atoms in total. The number of hydrogen-bond acceptors (Lipinski definition) is 11. The summed E-state index contributed by atoms with van der Waals surface area (Å²) in [6.45, 7) is 0.174. The Labute approximate surface area is 183 Å². The van der Waals surface area contributed by atoms with Gasteiger partial charge in [0, 0.05) is 5.38 Å². The van der Waals surface area contributed by atoms with Crippen LogP contribution in [0.2, 0.25) is 5.11 Å². The van der Waals surface area contributed by atoms with Gasteiger partial charge in [-0.3, -0.25) is 14.1 Å². The number of rotatable bonds is 9. The first kappa shape index (κ1) is 24.6. The number of oxime groups is 1. The summed E-state index contributed by atoms with van der Waals surface area (Å²) in [6, 6.07) is -1.66. The molecule has 1 aliphatic rings. The molecule has 5 N–H and O–H groups in total. The molecule has 2 amide bonds. The molecule has 1 aromatic heterocycles. The first-order chi connectivity index (χ1) is 14.1. The van der Waals surface area contributed by atoms with Gasteiger partial charge in [-0.25, -0.2) is 9.78 Å². The molecule has 2 heterocycles. The van der Waals surface area contributed by atoms with Gasteiger partial charge in [0.15, 0.2) is 10.8 Å². The van der Waals surface area contributed by atoms with Crippen molar-refractivity contribution in [2.75, 3.05) is 12.3 Å². The van der Waals surface area contributed by atoms with Crippen LogP contribution < -0.4 is 11.1 Å². The number of carbonyl (C=O) groups is 3. The fraction of sp³-hybridized carbons (Fsp3) is 0.417. The Morgan fingerprint density at radius 2 is 2.10 bits per heavy atom. The number of amides is 2. The van der Waals surface area contributed by atoms with E-state index in [0.717, 1.165) is 18.3 Å². The third kappa shape index (κ3) is 5.17. The quantitative estimate of drug-likeness (QED) is 0.0942. The number of thiazole rings is 1. The highest BCUT2D eigenvalue weighted by molar-refractivity contribution is 7.80. The van der Waals surface area contributed by atoms with E-state index in [0.29, 0.717) is 0 Å². The van der Waals surface area contributed by atoms with Crippen LogP contribution in [0.3, 0.4) is 0 Å². The molecule has 31 heavy (non-hydrogen) atoms. The number of aromatic nitrogens is 1. The summed E-state index contributed by atoms with van der Waals surface area (Å²) in [6.07, 6.45) is 0. The normalized spacial score (nSPS) is 22.0. The Balaban J connectivity index is 2.35. The highest BCUT2D eigenvalue weighted by Gasteiger charge is 2.65. The molecule has 6 radical (unpaired) electrons. The van der Waals surface area contributed by atoms with Gasteiger partial charge < -0.3 is 21.0 Å². The van der Waals surface area contributed by atoms with E-state index in [1.165, 1.54) is 5.38 Å². The lowest BCUT2D eigenvalue weighted by Gasteiger charge is -2.60. The Morgan fingerprint density at radius 3 is 2.55 bits per heavy atom. The number of aliphatic carboxylic acids is 1. The van der Waals surface area contributed by atoms with E-state index < -0.39 is 57.2 Å². The molecule has 0 aliphatic carbocycles. The molecule has 19 heteroatoms. The Morgan fingerprint density at radius 1 is 1.48 bits per heavy atom. The molecule has 1 aromatic rings. The first-order valence-electron chi connectivity index (χ1n) is 7.89. The van der Waals surface area contributed by atoms with Crippen molar-refractivity contribution >= 4 is 73.9 Å². The average Bonchev–Trinajstić information content (AvgIpc) is 3.04. The van der Waals surface area contributed by atoms with E-state index in [1.54, 1.807) is 0 Å². The van der Waals surface area contributed by atoms with Crippen molar-refractivity contribution in [1.82, 2.24) is 15.4 Å². The molecule has 1 fully saturated rings. The number of nitrogens with zero attached hydrogens (tertiary/aromatic N) is 3. The molecule has 1 aliphatic heterocycles. The molecule has 0 bridgehead atoms. The van der Waals surface area contributed by atoms with Crippen LogP contribution in [0.25, 0.3) is 0 Å². The van der Waals surface area contributed by atoms with Crippen molar-refractivity contribution in [2.24, 2.45) is 5.16 Å². The lowest BCUT2D eigenvalue weighted by atomic mass is 9.33. The van der Waals surface area contributed by atoms with E-state index >= 15 is 0 Å². The number of nitrogens with one attached hydrogen (secondary N) is 1. The number of nitrogen functional groups attached to an aromatic ring is 1. The summed E-state index contributed by atoms with van der Waals surface area (Å²) in [7, 11) is 11.7. The monoisotopic (exact) mass is 467 g/mol. The zero-order chi connectivity index (χ0) is 23.8. The average molecular weight is 467 g/mol. The second-order valence-corrected chi connectivity index (χ2v) is 8.19. The number of carboxylic acid groups (broad SMARTS) is 1. The molecule has 2 rings (SSSR count). The maximum atomic E-state index is 12.7. The summed E-state index contributed by atoms with van der Waals surface area (Å²) >= 11 is 0.924. The maximum Gasteiger partial charge on any atom is 0.418 e. The topological polar surface area (TPSA) is 211 Å². The van der Waals surface area contributed by atoms with Crippen LogP contribution in [0.5, 0.6) is 0 Å². The predicted molar refractivity (Wildman–Crippen MR) is 106 cm³/mol. The summed E-state index contributed by atoms with van der Waals surface area (Å²) in [5, 5.41) is 13.3. The fourth-order valence-corrected chi connectivity index (χ4v) is 3.39. The minimum absolute atomic E-state index is 0.0379. The number of β-lactam (4-membered cyclic amide) rings is 1. The predicted octanol–water partition coefficient (Wildman–Crippen LogP) is -3.07. The van der Waals surface area contributed by atoms with Gasteiger partial charge in [-0.2, -0.15) is 13.5 Å². The van der Waals surface area contributed by atoms with E-state index in [1.807, 2.05) is 0 Å². The van der Waals surface area contributed by atoms with Crippen molar-refractivity contribution in [2.45, 2.75) is 23.6 Å². The third-order valence-corrected chi connectivity index (χ3v) is 5.09. The van der Waals surface area contributed by atoms with Gasteiger partial charge in [0.25, 0.3) is 11.8 Å². The third-order valence-electron chi connectivity index (χ3n) is 4.08. The number of nitrogens with two attached hydrogens (primary N) is 1. The van der Waals surface area contributed by atoms with Gasteiger partial charge in [0.2, 0.25) is 6.61 Å². The van der Waals surface area contributed by atoms with Crippen LogP contribution in [-0.2, 0) is 33.9 Å². The molecule has 0 saturated carbocycles. The van der Waals surface area contributed by atoms with E-state index in [-0.39, 0.29) is 15.9 Å². The van der Waals surface area contributed by atoms with Crippen molar-refractivity contribution in [3.63, 3.8) is 0 Å². The van der Waals surface area contributed by atoms with Gasteiger partial charge in [0.1, 0.15) is 11.7 Å². The number of hydroxylamine groups is 2. The molecule has 0 spiro atoms.